The summed E-state index contributed by atoms with van der Waals surface area (Å²) in [6.45, 7) is 4.12. The van der Waals surface area contributed by atoms with Crippen molar-refractivity contribution in [3.63, 3.8) is 0 Å². The zero-order chi connectivity index (χ0) is 23.4. The molecule has 6 unspecified atom stereocenters. The molecule has 0 radical (unpaired) electrons. The zero-order valence-electron chi connectivity index (χ0n) is 19.6. The minimum absolute atomic E-state index is 0.0748. The summed E-state index contributed by atoms with van der Waals surface area (Å²) in [7, 11) is -1.50. The van der Waals surface area contributed by atoms with Crippen LogP contribution in [0.15, 0.2) is 0 Å². The molecule has 6 atom stereocenters. The number of hydrogen-bond donors (Lipinski definition) is 4. The SMILES string of the molecule is CC(=O)N1CC(F)(C2CCNC(N3CC(S(=O)(=O)NC4CCCC5CNN(C)C54)CN3)C2)C1. The van der Waals surface area contributed by atoms with Gasteiger partial charge in [0.2, 0.25) is 15.9 Å². The lowest BCUT2D eigenvalue weighted by atomic mass is 9.76. The Balaban J connectivity index is 1.17. The zero-order valence-corrected chi connectivity index (χ0v) is 20.4. The number of nitrogens with zero attached hydrogens (tertiary/aromatic N) is 3. The first-order valence-corrected chi connectivity index (χ1v) is 13.9. The van der Waals surface area contributed by atoms with E-state index in [4.69, 9.17) is 0 Å². The predicted molar refractivity (Wildman–Crippen MR) is 122 cm³/mol. The van der Waals surface area contributed by atoms with Gasteiger partial charge in [-0.3, -0.25) is 15.6 Å². The quantitative estimate of drug-likeness (QED) is 0.390. The molecule has 12 heteroatoms. The van der Waals surface area contributed by atoms with Crippen molar-refractivity contribution in [2.24, 2.45) is 11.8 Å². The number of piperidine rings is 1. The second kappa shape index (κ2) is 8.96. The second-order valence-electron chi connectivity index (χ2n) is 10.7. The van der Waals surface area contributed by atoms with Crippen molar-refractivity contribution in [3.8, 4) is 0 Å². The molecular weight excluding hydrogens is 449 g/mol. The molecule has 4 heterocycles. The Morgan fingerprint density at radius 2 is 1.94 bits per heavy atom. The third-order valence-corrected chi connectivity index (χ3v) is 10.4. The number of likely N-dealkylation sites (tertiary alicyclic amines) is 1. The molecule has 188 valence electrons. The van der Waals surface area contributed by atoms with Crippen LogP contribution in [0.4, 0.5) is 4.39 Å². The molecule has 1 saturated carbocycles. The summed E-state index contributed by atoms with van der Waals surface area (Å²) in [5, 5.41) is 6.89. The normalized spacial score (nSPS) is 39.9. The van der Waals surface area contributed by atoms with E-state index in [1.165, 1.54) is 6.92 Å². The molecule has 0 aromatic heterocycles. The summed E-state index contributed by atoms with van der Waals surface area (Å²) in [5.41, 5.74) is 5.26. The molecule has 0 bridgehead atoms. The molecule has 0 aromatic carbocycles. The molecule has 10 nitrogen and oxygen atoms in total. The molecule has 1 aliphatic carbocycles. The van der Waals surface area contributed by atoms with Crippen LogP contribution in [-0.2, 0) is 14.8 Å². The number of amides is 1. The van der Waals surface area contributed by atoms with E-state index in [2.05, 4.69) is 25.9 Å². The molecule has 33 heavy (non-hydrogen) atoms. The largest absolute Gasteiger partial charge is 0.336 e. The van der Waals surface area contributed by atoms with E-state index in [9.17, 15) is 13.2 Å². The minimum atomic E-state index is -3.50. The number of halogens is 1. The maximum Gasteiger partial charge on any atom is 0.219 e. The van der Waals surface area contributed by atoms with E-state index in [-0.39, 0.29) is 43.2 Å². The average Bonchev–Trinajstić information content (AvgIpc) is 3.40. The first kappa shape index (κ1) is 23.8. The van der Waals surface area contributed by atoms with Crippen LogP contribution in [0.5, 0.6) is 0 Å². The van der Waals surface area contributed by atoms with Crippen molar-refractivity contribution >= 4 is 15.9 Å². The number of hydrazine groups is 2. The third kappa shape index (κ3) is 4.55. The summed E-state index contributed by atoms with van der Waals surface area (Å²) in [6, 6.07) is 0.117. The summed E-state index contributed by atoms with van der Waals surface area (Å²) in [6.07, 6.45) is 4.23. The number of rotatable bonds is 5. The Hall–Kier alpha value is -0.890. The molecular formula is C21H38FN7O3S. The van der Waals surface area contributed by atoms with Crippen molar-refractivity contribution in [1.82, 2.24) is 35.8 Å². The van der Waals surface area contributed by atoms with E-state index < -0.39 is 20.9 Å². The number of carbonyl (C=O) groups is 1. The van der Waals surface area contributed by atoms with Crippen molar-refractivity contribution in [1.29, 1.82) is 0 Å². The monoisotopic (exact) mass is 487 g/mol. The van der Waals surface area contributed by atoms with Gasteiger partial charge in [-0.05, 0) is 38.1 Å². The molecule has 5 fully saturated rings. The number of hydrogen-bond acceptors (Lipinski definition) is 8. The molecule has 0 spiro atoms. The number of fused-ring (bicyclic) bond motifs is 1. The highest BCUT2D eigenvalue weighted by Crippen LogP contribution is 2.39. The van der Waals surface area contributed by atoms with Gasteiger partial charge in [0, 0.05) is 51.6 Å². The van der Waals surface area contributed by atoms with Crippen LogP contribution in [0.3, 0.4) is 0 Å². The fourth-order valence-electron chi connectivity index (χ4n) is 6.57. The van der Waals surface area contributed by atoms with E-state index >= 15 is 4.39 Å². The predicted octanol–water partition coefficient (Wildman–Crippen LogP) is -1.02. The first-order valence-electron chi connectivity index (χ1n) is 12.3. The van der Waals surface area contributed by atoms with Crippen LogP contribution in [0.1, 0.15) is 39.0 Å². The summed E-state index contributed by atoms with van der Waals surface area (Å²) in [5.74, 6) is 0.260. The van der Waals surface area contributed by atoms with Crippen LogP contribution in [0.25, 0.3) is 0 Å². The van der Waals surface area contributed by atoms with Gasteiger partial charge in [0.15, 0.2) is 0 Å². The number of carbonyl (C=O) groups excluding carboxylic acids is 1. The Morgan fingerprint density at radius 1 is 1.15 bits per heavy atom. The van der Waals surface area contributed by atoms with Crippen molar-refractivity contribution in [3.05, 3.63) is 0 Å². The smallest absolute Gasteiger partial charge is 0.219 e. The molecule has 5 aliphatic rings. The fraction of sp³-hybridized carbons (Fsp3) is 0.952. The number of alkyl halides is 1. The standard InChI is InChI=1S/C21H38FN7O3S/c1-14(30)28-12-21(22,13-28)16-6-7-23-19(8-16)29-11-17(10-25-29)33(31,32)26-18-5-3-4-15-9-24-27(2)20(15)18/h15-20,23-26H,3-13H2,1-2H3. The highest BCUT2D eigenvalue weighted by Gasteiger charge is 2.52. The Bertz CT molecular complexity index is 853. The number of sulfonamides is 1. The molecule has 4 aliphatic heterocycles. The van der Waals surface area contributed by atoms with Gasteiger partial charge in [0.25, 0.3) is 0 Å². The van der Waals surface area contributed by atoms with Crippen molar-refractivity contribution in [2.75, 3.05) is 46.3 Å². The topological polar surface area (TPSA) is 109 Å². The van der Waals surface area contributed by atoms with Crippen LogP contribution in [0.2, 0.25) is 0 Å². The number of likely N-dealkylation sites (N-methyl/N-ethyl adjacent to an activating group) is 1. The van der Waals surface area contributed by atoms with E-state index in [1.54, 1.807) is 4.90 Å². The van der Waals surface area contributed by atoms with Crippen LogP contribution >= 0.6 is 0 Å². The van der Waals surface area contributed by atoms with Gasteiger partial charge in [0.1, 0.15) is 10.9 Å². The molecule has 4 N–H and O–H groups in total. The van der Waals surface area contributed by atoms with Gasteiger partial charge in [-0.15, -0.1) is 0 Å². The van der Waals surface area contributed by atoms with Crippen LogP contribution in [0, 0.1) is 11.8 Å². The first-order chi connectivity index (χ1) is 15.7. The lowest BCUT2D eigenvalue weighted by Crippen LogP contribution is -2.66. The third-order valence-electron chi connectivity index (χ3n) is 8.55. The minimum Gasteiger partial charge on any atom is -0.336 e. The van der Waals surface area contributed by atoms with Gasteiger partial charge in [-0.25, -0.2) is 27.5 Å². The van der Waals surface area contributed by atoms with Crippen LogP contribution < -0.4 is 20.9 Å². The lowest BCUT2D eigenvalue weighted by Gasteiger charge is -2.51. The van der Waals surface area contributed by atoms with E-state index in [1.807, 2.05) is 12.1 Å². The van der Waals surface area contributed by atoms with Gasteiger partial charge in [-0.2, -0.15) is 0 Å². The van der Waals surface area contributed by atoms with Gasteiger partial charge < -0.3 is 10.2 Å². The highest BCUT2D eigenvalue weighted by atomic mass is 32.2. The molecule has 4 saturated heterocycles. The summed E-state index contributed by atoms with van der Waals surface area (Å²) in [4.78, 5) is 13.0. The van der Waals surface area contributed by atoms with Crippen molar-refractivity contribution in [2.45, 2.75) is 68.2 Å². The Labute approximate surface area is 196 Å². The highest BCUT2D eigenvalue weighted by molar-refractivity contribution is 7.90. The Morgan fingerprint density at radius 3 is 2.70 bits per heavy atom. The molecule has 5 rings (SSSR count). The molecule has 1 amide bonds. The van der Waals surface area contributed by atoms with E-state index in [0.717, 1.165) is 32.2 Å². The maximum atomic E-state index is 15.4. The second-order valence-corrected chi connectivity index (χ2v) is 12.7. The van der Waals surface area contributed by atoms with Crippen LogP contribution in [-0.4, -0.2) is 105 Å². The summed E-state index contributed by atoms with van der Waals surface area (Å²) >= 11 is 0. The van der Waals surface area contributed by atoms with Gasteiger partial charge >= 0.3 is 0 Å². The van der Waals surface area contributed by atoms with E-state index in [0.29, 0.717) is 32.0 Å². The lowest BCUT2D eigenvalue weighted by molar-refractivity contribution is -0.151. The average molecular weight is 488 g/mol. The Kier molecular flexibility index (Phi) is 6.47. The molecule has 0 aromatic rings. The van der Waals surface area contributed by atoms with Gasteiger partial charge in [-0.1, -0.05) is 6.42 Å². The van der Waals surface area contributed by atoms with Gasteiger partial charge in [0.05, 0.1) is 19.3 Å². The number of nitrogens with one attached hydrogen (secondary N) is 4. The fourth-order valence-corrected chi connectivity index (χ4v) is 8.09. The maximum absolute atomic E-state index is 15.4. The van der Waals surface area contributed by atoms with Crippen molar-refractivity contribution < 1.29 is 17.6 Å². The summed E-state index contributed by atoms with van der Waals surface area (Å²) < 4.78 is 44.9.